The van der Waals surface area contributed by atoms with Gasteiger partial charge in [0.15, 0.2) is 0 Å². The van der Waals surface area contributed by atoms with Crippen LogP contribution in [0.4, 0.5) is 5.69 Å². The zero-order chi connectivity index (χ0) is 13.6. The van der Waals surface area contributed by atoms with E-state index in [1.807, 2.05) is 0 Å². The summed E-state index contributed by atoms with van der Waals surface area (Å²) in [5, 5.41) is 2.77. The van der Waals surface area contributed by atoms with Gasteiger partial charge in [-0.1, -0.05) is 0 Å². The Balaban J connectivity index is 2.61. The number of benzene rings is 1. The number of ether oxygens (including phenoxy) is 2. The molecular weight excluding hydrogens is 232 g/mol. The molecule has 0 heterocycles. The maximum absolute atomic E-state index is 11.8. The number of anilines is 1. The Bertz CT molecular complexity index is 388. The summed E-state index contributed by atoms with van der Waals surface area (Å²) in [5.74, 6) is 0.532. The molecule has 5 heteroatoms. The van der Waals surface area contributed by atoms with Crippen LogP contribution in [0.2, 0.25) is 0 Å². The van der Waals surface area contributed by atoms with E-state index in [-0.39, 0.29) is 5.91 Å². The standard InChI is InChI=1S/C13H20N2O3/c1-13(2,17-3)12(16)15-10-4-6-11(7-5-10)18-9-8-14/h4-7H,8-9,14H2,1-3H3,(H,15,16). The molecule has 0 aliphatic carbocycles. The van der Waals surface area contributed by atoms with Gasteiger partial charge < -0.3 is 20.5 Å². The first-order valence-corrected chi connectivity index (χ1v) is 5.79. The monoisotopic (exact) mass is 252 g/mol. The van der Waals surface area contributed by atoms with Crippen molar-refractivity contribution in [1.82, 2.24) is 0 Å². The second kappa shape index (κ2) is 6.37. The third-order valence-corrected chi connectivity index (χ3v) is 2.56. The maximum atomic E-state index is 11.8. The predicted molar refractivity (Wildman–Crippen MR) is 70.7 cm³/mol. The average Bonchev–Trinajstić information content (AvgIpc) is 2.37. The Morgan fingerprint density at radius 1 is 1.33 bits per heavy atom. The van der Waals surface area contributed by atoms with Crippen molar-refractivity contribution < 1.29 is 14.3 Å². The summed E-state index contributed by atoms with van der Waals surface area (Å²) < 4.78 is 10.4. The highest BCUT2D eigenvalue weighted by atomic mass is 16.5. The minimum atomic E-state index is -0.852. The van der Waals surface area contributed by atoms with Gasteiger partial charge in [-0.3, -0.25) is 4.79 Å². The molecule has 0 fully saturated rings. The molecule has 0 radical (unpaired) electrons. The van der Waals surface area contributed by atoms with Crippen LogP contribution in [0.25, 0.3) is 0 Å². The molecule has 5 nitrogen and oxygen atoms in total. The lowest BCUT2D eigenvalue weighted by molar-refractivity contribution is -0.133. The van der Waals surface area contributed by atoms with Crippen molar-refractivity contribution in [3.63, 3.8) is 0 Å². The van der Waals surface area contributed by atoms with E-state index in [0.717, 1.165) is 5.75 Å². The Morgan fingerprint density at radius 2 is 1.94 bits per heavy atom. The number of nitrogens with two attached hydrogens (primary N) is 1. The number of nitrogens with one attached hydrogen (secondary N) is 1. The van der Waals surface area contributed by atoms with Gasteiger partial charge in [0.05, 0.1) is 0 Å². The lowest BCUT2D eigenvalue weighted by Crippen LogP contribution is -2.38. The van der Waals surface area contributed by atoms with Crippen LogP contribution in [-0.4, -0.2) is 31.8 Å². The quantitative estimate of drug-likeness (QED) is 0.802. The Hall–Kier alpha value is -1.59. The number of methoxy groups -OCH3 is 1. The molecule has 0 saturated carbocycles. The molecule has 3 N–H and O–H groups in total. The maximum Gasteiger partial charge on any atom is 0.256 e. The summed E-state index contributed by atoms with van der Waals surface area (Å²) in [6.45, 7) is 4.37. The third kappa shape index (κ3) is 4.01. The average molecular weight is 252 g/mol. The van der Waals surface area contributed by atoms with E-state index in [9.17, 15) is 4.79 Å². The van der Waals surface area contributed by atoms with Crippen LogP contribution in [0.1, 0.15) is 13.8 Å². The highest BCUT2D eigenvalue weighted by Crippen LogP contribution is 2.17. The van der Waals surface area contributed by atoms with Crippen LogP contribution in [0.3, 0.4) is 0 Å². The van der Waals surface area contributed by atoms with Crippen LogP contribution in [0.5, 0.6) is 5.75 Å². The molecular formula is C13H20N2O3. The second-order valence-corrected chi connectivity index (χ2v) is 4.33. The van der Waals surface area contributed by atoms with Gasteiger partial charge in [-0.25, -0.2) is 0 Å². The molecule has 1 aromatic carbocycles. The third-order valence-electron chi connectivity index (χ3n) is 2.56. The first-order valence-electron chi connectivity index (χ1n) is 5.79. The Kier molecular flexibility index (Phi) is 5.12. The lowest BCUT2D eigenvalue weighted by Gasteiger charge is -2.21. The molecule has 100 valence electrons. The number of rotatable bonds is 6. The van der Waals surface area contributed by atoms with Crippen LogP contribution in [-0.2, 0) is 9.53 Å². The van der Waals surface area contributed by atoms with Gasteiger partial charge in [-0.2, -0.15) is 0 Å². The van der Waals surface area contributed by atoms with Crippen molar-refractivity contribution in [3.8, 4) is 5.75 Å². The molecule has 0 atom stereocenters. The Morgan fingerprint density at radius 3 is 2.44 bits per heavy atom. The SMILES string of the molecule is COC(C)(C)C(=O)Nc1ccc(OCCN)cc1. The number of hydrogen-bond acceptors (Lipinski definition) is 4. The van der Waals surface area contributed by atoms with Gasteiger partial charge in [0, 0.05) is 19.3 Å². The summed E-state index contributed by atoms with van der Waals surface area (Å²) in [4.78, 5) is 11.8. The van der Waals surface area contributed by atoms with Crippen molar-refractivity contribution in [2.24, 2.45) is 5.73 Å². The Labute approximate surface area is 107 Å². The van der Waals surface area contributed by atoms with E-state index in [0.29, 0.717) is 18.8 Å². The van der Waals surface area contributed by atoms with Gasteiger partial charge in [-0.15, -0.1) is 0 Å². The minimum Gasteiger partial charge on any atom is -0.492 e. The summed E-state index contributed by atoms with van der Waals surface area (Å²) in [6.07, 6.45) is 0. The highest BCUT2D eigenvalue weighted by molar-refractivity contribution is 5.96. The number of carbonyl (C=O) groups is 1. The van der Waals surface area contributed by atoms with Crippen molar-refractivity contribution in [3.05, 3.63) is 24.3 Å². The van der Waals surface area contributed by atoms with Crippen LogP contribution < -0.4 is 15.8 Å². The zero-order valence-electron chi connectivity index (χ0n) is 11.0. The highest BCUT2D eigenvalue weighted by Gasteiger charge is 2.26. The smallest absolute Gasteiger partial charge is 0.256 e. The molecule has 0 bridgehead atoms. The van der Waals surface area contributed by atoms with Crippen LogP contribution in [0, 0.1) is 0 Å². The first-order chi connectivity index (χ1) is 8.49. The summed E-state index contributed by atoms with van der Waals surface area (Å²) in [5.41, 5.74) is 5.19. The summed E-state index contributed by atoms with van der Waals surface area (Å²) >= 11 is 0. The zero-order valence-corrected chi connectivity index (χ0v) is 11.0. The molecule has 0 spiro atoms. The molecule has 0 aromatic heterocycles. The fourth-order valence-electron chi connectivity index (χ4n) is 1.19. The van der Waals surface area contributed by atoms with Gasteiger partial charge >= 0.3 is 0 Å². The number of carbonyl (C=O) groups excluding carboxylic acids is 1. The first kappa shape index (κ1) is 14.5. The van der Waals surface area contributed by atoms with E-state index < -0.39 is 5.60 Å². The molecule has 1 aromatic rings. The second-order valence-electron chi connectivity index (χ2n) is 4.33. The largest absolute Gasteiger partial charge is 0.492 e. The van der Waals surface area contributed by atoms with Gasteiger partial charge in [0.25, 0.3) is 5.91 Å². The van der Waals surface area contributed by atoms with Gasteiger partial charge in [-0.05, 0) is 38.1 Å². The van der Waals surface area contributed by atoms with E-state index in [1.54, 1.807) is 38.1 Å². The van der Waals surface area contributed by atoms with Crippen molar-refractivity contribution in [2.75, 3.05) is 25.6 Å². The molecule has 1 amide bonds. The summed E-state index contributed by atoms with van der Waals surface area (Å²) in [7, 11) is 1.50. The molecule has 0 unspecified atom stereocenters. The topological polar surface area (TPSA) is 73.6 Å². The van der Waals surface area contributed by atoms with E-state index in [1.165, 1.54) is 7.11 Å². The van der Waals surface area contributed by atoms with Crippen molar-refractivity contribution in [2.45, 2.75) is 19.4 Å². The predicted octanol–water partition coefficient (Wildman–Crippen LogP) is 1.39. The minimum absolute atomic E-state index is 0.194. The van der Waals surface area contributed by atoms with Crippen LogP contribution >= 0.6 is 0 Å². The molecule has 0 saturated heterocycles. The molecule has 0 aliphatic heterocycles. The molecule has 0 aliphatic rings. The fourth-order valence-corrected chi connectivity index (χ4v) is 1.19. The van der Waals surface area contributed by atoms with E-state index in [2.05, 4.69) is 5.32 Å². The normalized spacial score (nSPS) is 11.1. The van der Waals surface area contributed by atoms with E-state index in [4.69, 9.17) is 15.2 Å². The van der Waals surface area contributed by atoms with Gasteiger partial charge in [0.2, 0.25) is 0 Å². The number of amides is 1. The molecule has 18 heavy (non-hydrogen) atoms. The van der Waals surface area contributed by atoms with Crippen molar-refractivity contribution >= 4 is 11.6 Å². The number of hydrogen-bond donors (Lipinski definition) is 2. The van der Waals surface area contributed by atoms with Crippen molar-refractivity contribution in [1.29, 1.82) is 0 Å². The summed E-state index contributed by atoms with van der Waals surface area (Å²) in [6, 6.07) is 7.11. The van der Waals surface area contributed by atoms with Crippen LogP contribution in [0.15, 0.2) is 24.3 Å². The fraction of sp³-hybridized carbons (Fsp3) is 0.462. The molecule has 1 rings (SSSR count). The lowest BCUT2D eigenvalue weighted by atomic mass is 10.1. The van der Waals surface area contributed by atoms with Gasteiger partial charge in [0.1, 0.15) is 18.0 Å². The van der Waals surface area contributed by atoms with E-state index >= 15 is 0 Å².